The summed E-state index contributed by atoms with van der Waals surface area (Å²) in [5.74, 6) is 0.319. The molecule has 106 valence electrons. The summed E-state index contributed by atoms with van der Waals surface area (Å²) in [5.41, 5.74) is 5.53. The van der Waals surface area contributed by atoms with Crippen LogP contribution in [-0.2, 0) is 19.3 Å². The number of hydrogen-bond acceptors (Lipinski definition) is 2. The molecule has 0 unspecified atom stereocenters. The van der Waals surface area contributed by atoms with E-state index in [1.807, 2.05) is 6.20 Å². The van der Waals surface area contributed by atoms with Crippen molar-refractivity contribution in [2.75, 3.05) is 0 Å². The Morgan fingerprint density at radius 3 is 2.67 bits per heavy atom. The van der Waals surface area contributed by atoms with E-state index in [0.29, 0.717) is 5.92 Å². The van der Waals surface area contributed by atoms with Gasteiger partial charge in [0.1, 0.15) is 0 Å². The number of H-pyrrole nitrogens is 1. The quantitative estimate of drug-likeness (QED) is 0.783. The molecule has 1 aliphatic carbocycles. The van der Waals surface area contributed by atoms with Crippen LogP contribution in [0.5, 0.6) is 0 Å². The lowest BCUT2D eigenvalue weighted by molar-refractivity contribution is 0.706. The van der Waals surface area contributed by atoms with Crippen LogP contribution >= 0.6 is 0 Å². The predicted molar refractivity (Wildman–Crippen MR) is 81.8 cm³/mol. The minimum Gasteiger partial charge on any atom is -0.297 e. The zero-order chi connectivity index (χ0) is 14.4. The van der Waals surface area contributed by atoms with Crippen LogP contribution in [0.25, 0.3) is 5.65 Å². The fourth-order valence-corrected chi connectivity index (χ4v) is 3.28. The van der Waals surface area contributed by atoms with E-state index >= 15 is 0 Å². The lowest BCUT2D eigenvalue weighted by Gasteiger charge is -2.08. The molecule has 1 N–H and O–H groups in total. The van der Waals surface area contributed by atoms with Crippen LogP contribution in [0.2, 0.25) is 0 Å². The Labute approximate surface area is 122 Å². The van der Waals surface area contributed by atoms with Crippen LogP contribution in [-0.4, -0.2) is 14.6 Å². The van der Waals surface area contributed by atoms with Crippen molar-refractivity contribution in [1.29, 1.82) is 0 Å². The summed E-state index contributed by atoms with van der Waals surface area (Å²) >= 11 is 0. The topological polar surface area (TPSA) is 50.2 Å². The molecule has 0 bridgehead atoms. The summed E-state index contributed by atoms with van der Waals surface area (Å²) in [6, 6.07) is 10.2. The number of nitrogens with one attached hydrogen (secondary N) is 1. The van der Waals surface area contributed by atoms with Gasteiger partial charge in [-0.15, -0.1) is 0 Å². The molecule has 2 heterocycles. The molecule has 4 rings (SSSR count). The standard InChI is InChI=1S/C17H17N3O/c1-2-11-10-18-20-16(21)9-15(19-17(11)20)14-7-12-5-3-4-6-13(12)8-14/h3-6,9-10,14,18H,2,7-8H2,1H3. The van der Waals surface area contributed by atoms with Crippen molar-refractivity contribution in [3.05, 3.63) is 69.3 Å². The second-order valence-corrected chi connectivity index (χ2v) is 5.70. The van der Waals surface area contributed by atoms with Crippen molar-refractivity contribution >= 4 is 5.65 Å². The van der Waals surface area contributed by atoms with Crippen molar-refractivity contribution in [3.63, 3.8) is 0 Å². The Balaban J connectivity index is 1.80. The summed E-state index contributed by atoms with van der Waals surface area (Å²) in [6.07, 6.45) is 4.69. The monoisotopic (exact) mass is 279 g/mol. The first-order valence-electron chi connectivity index (χ1n) is 7.43. The van der Waals surface area contributed by atoms with Crippen LogP contribution in [0.3, 0.4) is 0 Å². The molecular weight excluding hydrogens is 262 g/mol. The molecule has 3 aromatic rings. The highest BCUT2D eigenvalue weighted by atomic mass is 16.1. The molecule has 21 heavy (non-hydrogen) atoms. The number of benzene rings is 1. The third-order valence-electron chi connectivity index (χ3n) is 4.44. The third kappa shape index (κ3) is 1.90. The van der Waals surface area contributed by atoms with Gasteiger partial charge in [-0.2, -0.15) is 0 Å². The summed E-state index contributed by atoms with van der Waals surface area (Å²) in [4.78, 5) is 17.0. The molecular formula is C17H17N3O. The van der Waals surface area contributed by atoms with Gasteiger partial charge in [-0.25, -0.2) is 9.50 Å². The van der Waals surface area contributed by atoms with E-state index in [4.69, 9.17) is 4.98 Å². The van der Waals surface area contributed by atoms with Gasteiger partial charge in [-0.3, -0.25) is 9.89 Å². The van der Waals surface area contributed by atoms with E-state index in [1.165, 1.54) is 15.6 Å². The van der Waals surface area contributed by atoms with Gasteiger partial charge in [0.05, 0.1) is 5.69 Å². The molecule has 0 aliphatic heterocycles. The lowest BCUT2D eigenvalue weighted by atomic mass is 10.0. The average Bonchev–Trinajstić information content (AvgIpc) is 3.10. The van der Waals surface area contributed by atoms with Crippen molar-refractivity contribution in [2.45, 2.75) is 32.1 Å². The Morgan fingerprint density at radius 1 is 1.29 bits per heavy atom. The summed E-state index contributed by atoms with van der Waals surface area (Å²) < 4.78 is 1.53. The highest BCUT2D eigenvalue weighted by Gasteiger charge is 2.24. The van der Waals surface area contributed by atoms with Gasteiger partial charge in [0, 0.05) is 23.7 Å². The largest absolute Gasteiger partial charge is 0.297 e. The molecule has 0 spiro atoms. The average molecular weight is 279 g/mol. The highest BCUT2D eigenvalue weighted by molar-refractivity contribution is 5.47. The molecule has 1 aromatic carbocycles. The third-order valence-corrected chi connectivity index (χ3v) is 4.44. The lowest BCUT2D eigenvalue weighted by Crippen LogP contribution is -2.17. The maximum Gasteiger partial charge on any atom is 0.272 e. The number of rotatable bonds is 2. The normalized spacial score (nSPS) is 14.7. The SMILES string of the molecule is CCc1c[nH]n2c(=O)cc(C3Cc4ccccc4C3)nc12. The molecule has 2 aromatic heterocycles. The second-order valence-electron chi connectivity index (χ2n) is 5.70. The molecule has 0 atom stereocenters. The smallest absolute Gasteiger partial charge is 0.272 e. The van der Waals surface area contributed by atoms with Gasteiger partial charge in [0.2, 0.25) is 0 Å². The molecule has 0 amide bonds. The fraction of sp³-hybridized carbons (Fsp3) is 0.294. The first-order valence-corrected chi connectivity index (χ1v) is 7.43. The fourth-order valence-electron chi connectivity index (χ4n) is 3.28. The number of aromatic nitrogens is 3. The first-order chi connectivity index (χ1) is 10.3. The second kappa shape index (κ2) is 4.58. The van der Waals surface area contributed by atoms with Crippen molar-refractivity contribution in [3.8, 4) is 0 Å². The molecule has 4 nitrogen and oxygen atoms in total. The zero-order valence-electron chi connectivity index (χ0n) is 12.0. The Bertz CT molecular complexity index is 850. The van der Waals surface area contributed by atoms with Crippen LogP contribution in [0.15, 0.2) is 41.3 Å². The van der Waals surface area contributed by atoms with E-state index in [0.717, 1.165) is 36.2 Å². The van der Waals surface area contributed by atoms with Crippen LogP contribution < -0.4 is 5.56 Å². The van der Waals surface area contributed by atoms with Gasteiger partial charge < -0.3 is 0 Å². The van der Waals surface area contributed by atoms with E-state index < -0.39 is 0 Å². The first kappa shape index (κ1) is 12.4. The Morgan fingerprint density at radius 2 is 2.00 bits per heavy atom. The maximum absolute atomic E-state index is 12.3. The molecule has 1 aliphatic rings. The molecule has 4 heteroatoms. The Kier molecular flexibility index (Phi) is 2.70. The van der Waals surface area contributed by atoms with Gasteiger partial charge in [0.25, 0.3) is 5.56 Å². The van der Waals surface area contributed by atoms with Crippen molar-refractivity contribution < 1.29 is 0 Å². The van der Waals surface area contributed by atoms with E-state index in [2.05, 4.69) is 36.3 Å². The summed E-state index contributed by atoms with van der Waals surface area (Å²) in [5, 5.41) is 2.98. The Hall–Kier alpha value is -2.36. The minimum atomic E-state index is -0.0225. The number of hydrogen-bond donors (Lipinski definition) is 1. The maximum atomic E-state index is 12.3. The summed E-state index contributed by atoms with van der Waals surface area (Å²) in [6.45, 7) is 2.08. The van der Waals surface area contributed by atoms with Gasteiger partial charge in [-0.1, -0.05) is 31.2 Å². The molecule has 0 radical (unpaired) electrons. The number of aromatic amines is 1. The van der Waals surface area contributed by atoms with E-state index in [-0.39, 0.29) is 5.56 Å². The van der Waals surface area contributed by atoms with Crippen LogP contribution in [0.1, 0.15) is 35.2 Å². The van der Waals surface area contributed by atoms with Gasteiger partial charge in [0.15, 0.2) is 5.65 Å². The minimum absolute atomic E-state index is 0.0225. The van der Waals surface area contributed by atoms with E-state index in [9.17, 15) is 4.79 Å². The van der Waals surface area contributed by atoms with Crippen molar-refractivity contribution in [1.82, 2.24) is 14.6 Å². The van der Waals surface area contributed by atoms with Crippen molar-refractivity contribution in [2.24, 2.45) is 0 Å². The molecule has 0 saturated heterocycles. The van der Waals surface area contributed by atoms with Gasteiger partial charge in [-0.05, 0) is 30.4 Å². The number of aryl methyl sites for hydroxylation is 1. The van der Waals surface area contributed by atoms with Gasteiger partial charge >= 0.3 is 0 Å². The van der Waals surface area contributed by atoms with Crippen LogP contribution in [0.4, 0.5) is 0 Å². The molecule has 0 fully saturated rings. The van der Waals surface area contributed by atoms with E-state index in [1.54, 1.807) is 6.07 Å². The number of nitrogens with zero attached hydrogens (tertiary/aromatic N) is 2. The molecule has 0 saturated carbocycles. The highest BCUT2D eigenvalue weighted by Crippen LogP contribution is 2.32. The van der Waals surface area contributed by atoms with Crippen LogP contribution in [0, 0.1) is 0 Å². The predicted octanol–water partition coefficient (Wildman–Crippen LogP) is 2.47. The number of fused-ring (bicyclic) bond motifs is 2. The summed E-state index contributed by atoms with van der Waals surface area (Å²) in [7, 11) is 0. The zero-order valence-corrected chi connectivity index (χ0v) is 12.0.